The van der Waals surface area contributed by atoms with Gasteiger partial charge in [-0.1, -0.05) is 12.1 Å². The number of aromatic nitrogens is 2. The molecule has 1 aromatic carbocycles. The molecule has 29 heavy (non-hydrogen) atoms. The Bertz CT molecular complexity index is 908. The zero-order valence-electron chi connectivity index (χ0n) is 16.5. The van der Waals surface area contributed by atoms with Crippen LogP contribution in [0.15, 0.2) is 24.3 Å². The van der Waals surface area contributed by atoms with Gasteiger partial charge in [0.15, 0.2) is 5.83 Å². The van der Waals surface area contributed by atoms with Crippen LogP contribution in [0.2, 0.25) is 0 Å². The number of alkyl halides is 3. The van der Waals surface area contributed by atoms with Crippen molar-refractivity contribution in [2.24, 2.45) is 0 Å². The van der Waals surface area contributed by atoms with Crippen LogP contribution in [0.4, 0.5) is 22.0 Å². The summed E-state index contributed by atoms with van der Waals surface area (Å²) in [6.45, 7) is 4.22. The van der Waals surface area contributed by atoms with E-state index in [1.54, 1.807) is 17.7 Å². The van der Waals surface area contributed by atoms with Gasteiger partial charge in [0.1, 0.15) is 17.7 Å². The molecule has 8 heteroatoms. The summed E-state index contributed by atoms with van der Waals surface area (Å²) in [7, 11) is 0. The third-order valence-corrected chi connectivity index (χ3v) is 5.26. The second-order valence-electron chi connectivity index (χ2n) is 7.79. The highest BCUT2D eigenvalue weighted by Gasteiger charge is 2.49. The summed E-state index contributed by atoms with van der Waals surface area (Å²) in [4.78, 5) is 0. The SMILES string of the molecule is Cc1cc(/C(F)=C/c2ccc(C(C)(C)C(F)(F)F)c(F)c2)nn1C1CCCCO1. The van der Waals surface area contributed by atoms with Crippen molar-refractivity contribution >= 4 is 11.9 Å². The highest BCUT2D eigenvalue weighted by atomic mass is 19.4. The van der Waals surface area contributed by atoms with E-state index in [1.807, 2.05) is 0 Å². The largest absolute Gasteiger partial charge is 0.398 e. The second-order valence-corrected chi connectivity index (χ2v) is 7.79. The number of hydrogen-bond acceptors (Lipinski definition) is 2. The van der Waals surface area contributed by atoms with Crippen molar-refractivity contribution in [1.29, 1.82) is 0 Å². The molecule has 1 atom stereocenters. The Labute approximate surface area is 166 Å². The van der Waals surface area contributed by atoms with Crippen LogP contribution in [0.3, 0.4) is 0 Å². The molecule has 1 saturated heterocycles. The lowest BCUT2D eigenvalue weighted by Gasteiger charge is -2.28. The van der Waals surface area contributed by atoms with E-state index in [1.165, 1.54) is 6.07 Å². The van der Waals surface area contributed by atoms with Crippen molar-refractivity contribution in [2.75, 3.05) is 6.61 Å². The molecule has 0 amide bonds. The van der Waals surface area contributed by atoms with Gasteiger partial charge in [0.2, 0.25) is 0 Å². The fourth-order valence-corrected chi connectivity index (χ4v) is 3.31. The summed E-state index contributed by atoms with van der Waals surface area (Å²) in [5.74, 6) is -1.74. The van der Waals surface area contributed by atoms with Gasteiger partial charge in [0.05, 0.1) is 5.41 Å². The molecule has 0 radical (unpaired) electrons. The maximum atomic E-state index is 14.7. The number of hydrogen-bond donors (Lipinski definition) is 0. The van der Waals surface area contributed by atoms with Gasteiger partial charge in [0, 0.05) is 17.9 Å². The van der Waals surface area contributed by atoms with Crippen molar-refractivity contribution in [2.45, 2.75) is 57.9 Å². The van der Waals surface area contributed by atoms with Gasteiger partial charge in [-0.05, 0) is 63.8 Å². The lowest BCUT2D eigenvalue weighted by atomic mass is 9.83. The Hall–Kier alpha value is -2.22. The van der Waals surface area contributed by atoms with Crippen LogP contribution in [0, 0.1) is 12.7 Å². The summed E-state index contributed by atoms with van der Waals surface area (Å²) in [5, 5.41) is 4.25. The molecule has 2 aromatic rings. The molecule has 3 nitrogen and oxygen atoms in total. The van der Waals surface area contributed by atoms with Gasteiger partial charge < -0.3 is 4.74 Å². The minimum Gasteiger partial charge on any atom is -0.357 e. The van der Waals surface area contributed by atoms with E-state index in [-0.39, 0.29) is 17.5 Å². The smallest absolute Gasteiger partial charge is 0.357 e. The zero-order valence-corrected chi connectivity index (χ0v) is 16.5. The third-order valence-electron chi connectivity index (χ3n) is 5.26. The molecule has 1 unspecified atom stereocenters. The Morgan fingerprint density at radius 1 is 1.21 bits per heavy atom. The lowest BCUT2D eigenvalue weighted by Crippen LogP contribution is -2.37. The molecule has 3 rings (SSSR count). The highest BCUT2D eigenvalue weighted by molar-refractivity contribution is 5.75. The highest BCUT2D eigenvalue weighted by Crippen LogP contribution is 2.41. The van der Waals surface area contributed by atoms with Crippen LogP contribution < -0.4 is 0 Å². The summed E-state index contributed by atoms with van der Waals surface area (Å²) < 4.78 is 75.8. The van der Waals surface area contributed by atoms with Crippen molar-refractivity contribution in [3.63, 3.8) is 0 Å². The molecule has 2 heterocycles. The van der Waals surface area contributed by atoms with Crippen LogP contribution in [-0.4, -0.2) is 22.6 Å². The number of ether oxygens (including phenoxy) is 1. The van der Waals surface area contributed by atoms with Gasteiger partial charge in [-0.2, -0.15) is 18.3 Å². The van der Waals surface area contributed by atoms with Crippen LogP contribution in [-0.2, 0) is 10.2 Å². The number of aryl methyl sites for hydroxylation is 1. The average molecular weight is 414 g/mol. The van der Waals surface area contributed by atoms with Gasteiger partial charge in [-0.25, -0.2) is 13.5 Å². The van der Waals surface area contributed by atoms with E-state index >= 15 is 0 Å². The van der Waals surface area contributed by atoms with Crippen molar-refractivity contribution < 1.29 is 26.7 Å². The molecule has 158 valence electrons. The maximum Gasteiger partial charge on any atom is 0.398 e. The first-order chi connectivity index (χ1) is 13.5. The normalized spacial score (nSPS) is 18.9. The predicted molar refractivity (Wildman–Crippen MR) is 100 cm³/mol. The zero-order chi connectivity index (χ0) is 21.4. The Kier molecular flexibility index (Phi) is 5.85. The number of benzene rings is 1. The summed E-state index contributed by atoms with van der Waals surface area (Å²) in [6, 6.07) is 4.76. The third kappa shape index (κ3) is 4.37. The van der Waals surface area contributed by atoms with Gasteiger partial charge in [-0.15, -0.1) is 0 Å². The molecular weight excluding hydrogens is 391 g/mol. The predicted octanol–water partition coefficient (Wildman–Crippen LogP) is 6.34. The minimum absolute atomic E-state index is 0.0665. The molecule has 0 spiro atoms. The van der Waals surface area contributed by atoms with E-state index < -0.39 is 28.8 Å². The maximum absolute atomic E-state index is 14.7. The first kappa shape index (κ1) is 21.5. The standard InChI is InChI=1S/C21H23F5N2O/c1-13-10-18(27-28(13)19-6-4-5-9-29-19)17(23)12-14-7-8-15(16(22)11-14)20(2,3)21(24,25)26/h7-8,10-12,19H,4-6,9H2,1-3H3/b17-12-. The molecule has 0 N–H and O–H groups in total. The second kappa shape index (κ2) is 7.89. The molecule has 0 bridgehead atoms. The van der Waals surface area contributed by atoms with Crippen LogP contribution >= 0.6 is 0 Å². The van der Waals surface area contributed by atoms with E-state index in [9.17, 15) is 22.0 Å². The summed E-state index contributed by atoms with van der Waals surface area (Å²) in [5.41, 5.74) is -1.94. The lowest BCUT2D eigenvalue weighted by molar-refractivity contribution is -0.180. The van der Waals surface area contributed by atoms with Crippen molar-refractivity contribution in [1.82, 2.24) is 9.78 Å². The van der Waals surface area contributed by atoms with E-state index in [2.05, 4.69) is 5.10 Å². The van der Waals surface area contributed by atoms with Gasteiger partial charge in [0.25, 0.3) is 0 Å². The Morgan fingerprint density at radius 3 is 2.52 bits per heavy atom. The fraction of sp³-hybridized carbons (Fsp3) is 0.476. The monoisotopic (exact) mass is 414 g/mol. The molecule has 1 aliphatic heterocycles. The molecule has 1 fully saturated rings. The van der Waals surface area contributed by atoms with Crippen molar-refractivity contribution in [3.8, 4) is 0 Å². The van der Waals surface area contributed by atoms with E-state index in [0.717, 1.165) is 57.0 Å². The molecule has 1 aromatic heterocycles. The van der Waals surface area contributed by atoms with Crippen molar-refractivity contribution in [3.05, 3.63) is 52.6 Å². The van der Waals surface area contributed by atoms with Gasteiger partial charge in [-0.3, -0.25) is 0 Å². The van der Waals surface area contributed by atoms with Crippen LogP contribution in [0.5, 0.6) is 0 Å². The van der Waals surface area contributed by atoms with Crippen LogP contribution in [0.25, 0.3) is 11.9 Å². The first-order valence-electron chi connectivity index (χ1n) is 9.43. The Balaban J connectivity index is 1.86. The quantitative estimate of drug-likeness (QED) is 0.546. The number of halogens is 5. The Morgan fingerprint density at radius 2 is 1.93 bits per heavy atom. The fourth-order valence-electron chi connectivity index (χ4n) is 3.31. The number of nitrogens with zero attached hydrogens (tertiary/aromatic N) is 2. The minimum atomic E-state index is -4.61. The topological polar surface area (TPSA) is 27.1 Å². The average Bonchev–Trinajstić information content (AvgIpc) is 3.03. The summed E-state index contributed by atoms with van der Waals surface area (Å²) >= 11 is 0. The van der Waals surface area contributed by atoms with Gasteiger partial charge >= 0.3 is 6.18 Å². The van der Waals surface area contributed by atoms with Crippen LogP contribution in [0.1, 0.15) is 61.9 Å². The molecular formula is C21H23F5N2O. The van der Waals surface area contributed by atoms with E-state index in [0.29, 0.717) is 6.61 Å². The molecule has 0 aliphatic carbocycles. The molecule has 0 saturated carbocycles. The van der Waals surface area contributed by atoms with E-state index in [4.69, 9.17) is 4.74 Å². The number of rotatable bonds is 4. The first-order valence-corrected chi connectivity index (χ1v) is 9.43. The molecule has 1 aliphatic rings. The summed E-state index contributed by atoms with van der Waals surface area (Å²) in [6.07, 6.45) is -1.04.